The highest BCUT2D eigenvalue weighted by Gasteiger charge is 2.28. The molecule has 0 aliphatic heterocycles. The molecule has 4 nitrogen and oxygen atoms in total. The van der Waals surface area contributed by atoms with Gasteiger partial charge in [-0.3, -0.25) is 0 Å². The van der Waals surface area contributed by atoms with Gasteiger partial charge < -0.3 is 15.3 Å². The topological polar surface area (TPSA) is 52.6 Å². The van der Waals surface area contributed by atoms with Gasteiger partial charge in [0.15, 0.2) is 0 Å². The molecule has 0 bridgehead atoms. The predicted molar refractivity (Wildman–Crippen MR) is 73.5 cm³/mol. The summed E-state index contributed by atoms with van der Waals surface area (Å²) in [5.41, 5.74) is 0. The Hall–Kier alpha value is -0.770. The zero-order valence-corrected chi connectivity index (χ0v) is 12.0. The summed E-state index contributed by atoms with van der Waals surface area (Å²) in [5, 5.41) is 12.4. The summed E-state index contributed by atoms with van der Waals surface area (Å²) in [7, 11) is 1.73. The molecule has 0 radical (unpaired) electrons. The first kappa shape index (κ1) is 15.3. The van der Waals surface area contributed by atoms with E-state index in [4.69, 9.17) is 0 Å². The van der Waals surface area contributed by atoms with E-state index >= 15 is 0 Å². The molecular formula is C14H28N2O2. The van der Waals surface area contributed by atoms with Crippen molar-refractivity contribution in [3.05, 3.63) is 0 Å². The average Bonchev–Trinajstić information content (AvgIpc) is 2.72. The third-order valence-electron chi connectivity index (χ3n) is 3.78. The van der Waals surface area contributed by atoms with Gasteiger partial charge in [-0.1, -0.05) is 26.2 Å². The van der Waals surface area contributed by atoms with Crippen molar-refractivity contribution in [3.8, 4) is 0 Å². The van der Waals surface area contributed by atoms with Crippen molar-refractivity contribution in [2.45, 2.75) is 64.5 Å². The van der Waals surface area contributed by atoms with Crippen molar-refractivity contribution < 1.29 is 9.90 Å². The van der Waals surface area contributed by atoms with Gasteiger partial charge >= 0.3 is 6.03 Å². The minimum absolute atomic E-state index is 0.0516. The molecule has 106 valence electrons. The van der Waals surface area contributed by atoms with Crippen LogP contribution in [0.2, 0.25) is 0 Å². The van der Waals surface area contributed by atoms with Gasteiger partial charge in [0.05, 0.1) is 6.10 Å². The van der Waals surface area contributed by atoms with Crippen LogP contribution < -0.4 is 5.32 Å². The Balaban J connectivity index is 2.37. The first-order chi connectivity index (χ1) is 8.54. The SMILES string of the molecule is CCCCC1CCCC1NC(=O)N(C)CC(C)O. The van der Waals surface area contributed by atoms with E-state index in [1.807, 2.05) is 0 Å². The maximum atomic E-state index is 12.0. The lowest BCUT2D eigenvalue weighted by Gasteiger charge is -2.25. The number of amides is 2. The van der Waals surface area contributed by atoms with E-state index in [9.17, 15) is 9.90 Å². The molecule has 0 aromatic carbocycles. The highest BCUT2D eigenvalue weighted by molar-refractivity contribution is 5.74. The molecule has 3 unspecified atom stereocenters. The van der Waals surface area contributed by atoms with Crippen LogP contribution in [0.1, 0.15) is 52.4 Å². The number of aliphatic hydroxyl groups excluding tert-OH is 1. The Bertz CT molecular complexity index is 256. The number of hydrogen-bond donors (Lipinski definition) is 2. The minimum atomic E-state index is -0.472. The lowest BCUT2D eigenvalue weighted by molar-refractivity contribution is 0.141. The van der Waals surface area contributed by atoms with Crippen LogP contribution in [0.4, 0.5) is 4.79 Å². The fourth-order valence-corrected chi connectivity index (χ4v) is 2.79. The van der Waals surface area contributed by atoms with Gasteiger partial charge in [0, 0.05) is 19.6 Å². The molecule has 4 heteroatoms. The van der Waals surface area contributed by atoms with E-state index in [0.29, 0.717) is 18.5 Å². The summed E-state index contributed by atoms with van der Waals surface area (Å²) < 4.78 is 0. The van der Waals surface area contributed by atoms with Crippen LogP contribution in [0.3, 0.4) is 0 Å². The summed E-state index contributed by atoms with van der Waals surface area (Å²) in [6.07, 6.45) is 6.79. The molecule has 0 aromatic heterocycles. The van der Waals surface area contributed by atoms with E-state index in [0.717, 1.165) is 6.42 Å². The van der Waals surface area contributed by atoms with Gasteiger partial charge in [0.25, 0.3) is 0 Å². The smallest absolute Gasteiger partial charge is 0.317 e. The number of unbranched alkanes of at least 4 members (excludes halogenated alkanes) is 1. The summed E-state index contributed by atoms with van der Waals surface area (Å²) in [4.78, 5) is 13.5. The van der Waals surface area contributed by atoms with E-state index in [1.54, 1.807) is 18.9 Å². The Morgan fingerprint density at radius 3 is 2.83 bits per heavy atom. The number of carbonyl (C=O) groups is 1. The van der Waals surface area contributed by atoms with E-state index in [1.165, 1.54) is 32.1 Å². The Labute approximate surface area is 111 Å². The molecule has 0 aromatic rings. The molecule has 1 aliphatic rings. The molecule has 1 saturated carbocycles. The van der Waals surface area contributed by atoms with E-state index < -0.39 is 6.10 Å². The second-order valence-electron chi connectivity index (χ2n) is 5.62. The summed E-state index contributed by atoms with van der Waals surface area (Å²) in [6, 6.07) is 0.282. The largest absolute Gasteiger partial charge is 0.392 e. The molecule has 0 heterocycles. The Kier molecular flexibility index (Phi) is 6.47. The van der Waals surface area contributed by atoms with E-state index in [2.05, 4.69) is 12.2 Å². The van der Waals surface area contributed by atoms with E-state index in [-0.39, 0.29) is 6.03 Å². The van der Waals surface area contributed by atoms with Crippen LogP contribution in [0, 0.1) is 5.92 Å². The normalized spacial score (nSPS) is 24.9. The summed E-state index contributed by atoms with van der Waals surface area (Å²) in [6.45, 7) is 4.29. The van der Waals surface area contributed by atoms with Gasteiger partial charge in [-0.15, -0.1) is 0 Å². The molecule has 3 atom stereocenters. The average molecular weight is 256 g/mol. The molecule has 1 rings (SSSR count). The van der Waals surface area contributed by atoms with Crippen molar-refractivity contribution in [1.82, 2.24) is 10.2 Å². The van der Waals surface area contributed by atoms with Crippen LogP contribution in [0.15, 0.2) is 0 Å². The number of aliphatic hydroxyl groups is 1. The predicted octanol–water partition coefficient (Wildman–Crippen LogP) is 2.37. The maximum absolute atomic E-state index is 12.0. The fourth-order valence-electron chi connectivity index (χ4n) is 2.79. The monoisotopic (exact) mass is 256 g/mol. The third-order valence-corrected chi connectivity index (χ3v) is 3.78. The first-order valence-corrected chi connectivity index (χ1v) is 7.24. The highest BCUT2D eigenvalue weighted by Crippen LogP contribution is 2.29. The number of hydrogen-bond acceptors (Lipinski definition) is 2. The number of nitrogens with zero attached hydrogens (tertiary/aromatic N) is 1. The highest BCUT2D eigenvalue weighted by atomic mass is 16.3. The van der Waals surface area contributed by atoms with Gasteiger partial charge in [0.2, 0.25) is 0 Å². The number of likely N-dealkylation sites (N-methyl/N-ethyl adjacent to an activating group) is 1. The van der Waals surface area contributed by atoms with Crippen molar-refractivity contribution in [1.29, 1.82) is 0 Å². The number of rotatable bonds is 6. The third kappa shape index (κ3) is 4.84. The first-order valence-electron chi connectivity index (χ1n) is 7.24. The lowest BCUT2D eigenvalue weighted by Crippen LogP contribution is -2.46. The minimum Gasteiger partial charge on any atom is -0.392 e. The van der Waals surface area contributed by atoms with Crippen LogP contribution in [-0.4, -0.2) is 41.8 Å². The number of urea groups is 1. The Morgan fingerprint density at radius 2 is 2.22 bits per heavy atom. The Morgan fingerprint density at radius 1 is 1.50 bits per heavy atom. The van der Waals surface area contributed by atoms with Crippen molar-refractivity contribution in [2.75, 3.05) is 13.6 Å². The molecule has 0 saturated heterocycles. The fraction of sp³-hybridized carbons (Fsp3) is 0.929. The number of carbonyl (C=O) groups excluding carboxylic acids is 1. The molecule has 1 fully saturated rings. The molecule has 0 spiro atoms. The van der Waals surface area contributed by atoms with Crippen LogP contribution >= 0.6 is 0 Å². The summed E-state index contributed by atoms with van der Waals surface area (Å²) >= 11 is 0. The molecule has 2 amide bonds. The lowest BCUT2D eigenvalue weighted by atomic mass is 9.97. The molecular weight excluding hydrogens is 228 g/mol. The van der Waals surface area contributed by atoms with Gasteiger partial charge in [-0.05, 0) is 32.1 Å². The van der Waals surface area contributed by atoms with Crippen molar-refractivity contribution >= 4 is 6.03 Å². The summed E-state index contributed by atoms with van der Waals surface area (Å²) in [5.74, 6) is 0.647. The molecule has 18 heavy (non-hydrogen) atoms. The van der Waals surface area contributed by atoms with Crippen LogP contribution in [0.25, 0.3) is 0 Å². The van der Waals surface area contributed by atoms with Crippen molar-refractivity contribution in [2.24, 2.45) is 5.92 Å². The quantitative estimate of drug-likeness (QED) is 0.766. The maximum Gasteiger partial charge on any atom is 0.317 e. The zero-order valence-electron chi connectivity index (χ0n) is 12.0. The zero-order chi connectivity index (χ0) is 13.5. The van der Waals surface area contributed by atoms with Gasteiger partial charge in [-0.25, -0.2) is 4.79 Å². The number of nitrogens with one attached hydrogen (secondary N) is 1. The second-order valence-corrected chi connectivity index (χ2v) is 5.62. The van der Waals surface area contributed by atoms with Crippen LogP contribution in [0.5, 0.6) is 0 Å². The van der Waals surface area contributed by atoms with Crippen LogP contribution in [-0.2, 0) is 0 Å². The van der Waals surface area contributed by atoms with Gasteiger partial charge in [0.1, 0.15) is 0 Å². The molecule has 1 aliphatic carbocycles. The second kappa shape index (κ2) is 7.62. The van der Waals surface area contributed by atoms with Gasteiger partial charge in [-0.2, -0.15) is 0 Å². The standard InChI is InChI=1S/C14H28N2O2/c1-4-5-7-12-8-6-9-13(12)15-14(18)16(3)10-11(2)17/h11-13,17H,4-10H2,1-3H3,(H,15,18). The molecule has 2 N–H and O–H groups in total. The van der Waals surface area contributed by atoms with Crippen molar-refractivity contribution in [3.63, 3.8) is 0 Å².